The van der Waals surface area contributed by atoms with Crippen LogP contribution in [0.25, 0.3) is 0 Å². The maximum Gasteiger partial charge on any atom is 0.326 e. The molecule has 0 saturated carbocycles. The number of carbonyl (C=O) groups is 3. The number of benzene rings is 2. The van der Waals surface area contributed by atoms with Crippen LogP contribution in [0.2, 0.25) is 0 Å². The van der Waals surface area contributed by atoms with Gasteiger partial charge in [0.25, 0.3) is 5.91 Å². The van der Waals surface area contributed by atoms with Crippen LogP contribution in [0.5, 0.6) is 0 Å². The standard InChI is InChI=1S/C26H32N4O4/c1-18(2)17-26(20-7-5-4-6-8-20)24(32)30(25(33)28-26)19(3)23(31)27-21-9-11-22(12-10-21)29-13-15-34-16-14-29/h4-12,18-19H,13-17H2,1-3H3,(H,27,31)(H,28,33)/t19-,26-/m0/s1. The van der Waals surface area contributed by atoms with Crippen LogP contribution in [0.4, 0.5) is 16.2 Å². The number of urea groups is 1. The zero-order chi connectivity index (χ0) is 24.3. The van der Waals surface area contributed by atoms with Gasteiger partial charge in [-0.2, -0.15) is 0 Å². The Bertz CT molecular complexity index is 1030. The minimum absolute atomic E-state index is 0.151. The summed E-state index contributed by atoms with van der Waals surface area (Å²) in [6, 6.07) is 15.3. The van der Waals surface area contributed by atoms with Crippen molar-refractivity contribution in [2.24, 2.45) is 5.92 Å². The quantitative estimate of drug-likeness (QED) is 0.614. The summed E-state index contributed by atoms with van der Waals surface area (Å²) in [5, 5.41) is 5.74. The molecule has 34 heavy (non-hydrogen) atoms. The van der Waals surface area contributed by atoms with Crippen molar-refractivity contribution in [1.82, 2.24) is 10.2 Å². The molecule has 4 rings (SSSR count). The lowest BCUT2D eigenvalue weighted by Gasteiger charge is -2.30. The molecule has 4 amide bonds. The van der Waals surface area contributed by atoms with Gasteiger partial charge >= 0.3 is 6.03 Å². The first kappa shape index (κ1) is 23.8. The van der Waals surface area contributed by atoms with Crippen molar-refractivity contribution in [2.75, 3.05) is 36.5 Å². The number of anilines is 2. The number of amides is 4. The fraction of sp³-hybridized carbons (Fsp3) is 0.423. The Kier molecular flexibility index (Phi) is 6.88. The highest BCUT2D eigenvalue weighted by molar-refractivity contribution is 6.11. The lowest BCUT2D eigenvalue weighted by molar-refractivity contribution is -0.137. The summed E-state index contributed by atoms with van der Waals surface area (Å²) in [6.45, 7) is 8.63. The highest BCUT2D eigenvalue weighted by Gasteiger charge is 2.54. The summed E-state index contributed by atoms with van der Waals surface area (Å²) in [4.78, 5) is 42.9. The molecule has 2 aromatic rings. The van der Waals surface area contributed by atoms with E-state index in [1.807, 2.05) is 68.4 Å². The molecule has 0 unspecified atom stereocenters. The second-order valence-electron chi connectivity index (χ2n) is 9.29. The molecule has 8 nitrogen and oxygen atoms in total. The van der Waals surface area contributed by atoms with Gasteiger partial charge in [-0.05, 0) is 49.1 Å². The maximum absolute atomic E-state index is 13.6. The minimum Gasteiger partial charge on any atom is -0.378 e. The van der Waals surface area contributed by atoms with E-state index in [1.54, 1.807) is 6.92 Å². The number of nitrogens with zero attached hydrogens (tertiary/aromatic N) is 2. The second-order valence-corrected chi connectivity index (χ2v) is 9.29. The first-order valence-corrected chi connectivity index (χ1v) is 11.8. The Morgan fingerprint density at radius 2 is 1.68 bits per heavy atom. The molecular weight excluding hydrogens is 432 g/mol. The van der Waals surface area contributed by atoms with Crippen molar-refractivity contribution in [2.45, 2.75) is 38.8 Å². The van der Waals surface area contributed by atoms with Crippen LogP contribution < -0.4 is 15.5 Å². The van der Waals surface area contributed by atoms with E-state index >= 15 is 0 Å². The third-order valence-electron chi connectivity index (χ3n) is 6.38. The average Bonchev–Trinajstić information content (AvgIpc) is 3.09. The number of rotatable bonds is 7. The average molecular weight is 465 g/mol. The molecule has 0 aromatic heterocycles. The van der Waals surface area contributed by atoms with Crippen molar-refractivity contribution in [3.8, 4) is 0 Å². The summed E-state index contributed by atoms with van der Waals surface area (Å²) in [5.74, 6) is -0.669. The molecule has 2 fully saturated rings. The lowest BCUT2D eigenvalue weighted by Crippen LogP contribution is -2.48. The van der Waals surface area contributed by atoms with Gasteiger partial charge in [0.05, 0.1) is 13.2 Å². The third-order valence-corrected chi connectivity index (χ3v) is 6.38. The van der Waals surface area contributed by atoms with Gasteiger partial charge in [-0.1, -0.05) is 44.2 Å². The molecule has 2 aliphatic heterocycles. The SMILES string of the molecule is CC(C)C[C@@]1(c2ccccc2)NC(=O)N([C@@H](C)C(=O)Nc2ccc(N3CCOCC3)cc2)C1=O. The molecule has 0 spiro atoms. The molecule has 180 valence electrons. The molecule has 2 aromatic carbocycles. The fourth-order valence-corrected chi connectivity index (χ4v) is 4.67. The summed E-state index contributed by atoms with van der Waals surface area (Å²) in [6.07, 6.45) is 0.440. The van der Waals surface area contributed by atoms with Crippen molar-refractivity contribution in [3.63, 3.8) is 0 Å². The van der Waals surface area contributed by atoms with Crippen molar-refractivity contribution < 1.29 is 19.1 Å². The molecule has 2 atom stereocenters. The highest BCUT2D eigenvalue weighted by Crippen LogP contribution is 2.36. The molecule has 2 heterocycles. The van der Waals surface area contributed by atoms with E-state index in [2.05, 4.69) is 15.5 Å². The third kappa shape index (κ3) is 4.63. The molecule has 2 saturated heterocycles. The zero-order valence-electron chi connectivity index (χ0n) is 19.9. The van der Waals surface area contributed by atoms with E-state index in [9.17, 15) is 14.4 Å². The topological polar surface area (TPSA) is 91.0 Å². The van der Waals surface area contributed by atoms with Crippen molar-refractivity contribution >= 4 is 29.2 Å². The Morgan fingerprint density at radius 3 is 2.29 bits per heavy atom. The molecule has 0 aliphatic carbocycles. The number of morpholine rings is 1. The maximum atomic E-state index is 13.6. The summed E-state index contributed by atoms with van der Waals surface area (Å²) < 4.78 is 5.39. The molecule has 2 aliphatic rings. The summed E-state index contributed by atoms with van der Waals surface area (Å²) in [7, 11) is 0. The fourth-order valence-electron chi connectivity index (χ4n) is 4.67. The second kappa shape index (κ2) is 9.85. The zero-order valence-corrected chi connectivity index (χ0v) is 19.9. The smallest absolute Gasteiger partial charge is 0.326 e. The van der Waals surface area contributed by atoms with E-state index in [4.69, 9.17) is 4.74 Å². The Labute approximate surface area is 200 Å². The van der Waals surface area contributed by atoms with Gasteiger partial charge in [-0.25, -0.2) is 9.69 Å². The number of hydrogen-bond acceptors (Lipinski definition) is 5. The predicted octanol–water partition coefficient (Wildman–Crippen LogP) is 3.34. The minimum atomic E-state index is -1.18. The molecule has 8 heteroatoms. The number of nitrogens with one attached hydrogen (secondary N) is 2. The highest BCUT2D eigenvalue weighted by atomic mass is 16.5. The van der Waals surface area contributed by atoms with Crippen molar-refractivity contribution in [1.29, 1.82) is 0 Å². The van der Waals surface area contributed by atoms with E-state index in [0.29, 0.717) is 25.3 Å². The van der Waals surface area contributed by atoms with Crippen LogP contribution in [0, 0.1) is 5.92 Å². The molecule has 0 bridgehead atoms. The largest absolute Gasteiger partial charge is 0.378 e. The first-order valence-electron chi connectivity index (χ1n) is 11.8. The van der Waals surface area contributed by atoms with Crippen LogP contribution in [-0.4, -0.2) is 55.1 Å². The number of hydrogen-bond donors (Lipinski definition) is 2. The van der Waals surface area contributed by atoms with Gasteiger partial charge in [-0.15, -0.1) is 0 Å². The Balaban J connectivity index is 1.49. The van der Waals surface area contributed by atoms with Gasteiger partial charge in [0, 0.05) is 24.5 Å². The van der Waals surface area contributed by atoms with E-state index < -0.39 is 29.4 Å². The van der Waals surface area contributed by atoms with Crippen LogP contribution in [-0.2, 0) is 19.9 Å². The van der Waals surface area contributed by atoms with Crippen LogP contribution in [0.3, 0.4) is 0 Å². The first-order chi connectivity index (χ1) is 16.3. The summed E-state index contributed by atoms with van der Waals surface area (Å²) in [5.41, 5.74) is 1.21. The van der Waals surface area contributed by atoms with Gasteiger partial charge in [0.2, 0.25) is 5.91 Å². The Morgan fingerprint density at radius 1 is 1.03 bits per heavy atom. The van der Waals surface area contributed by atoms with Gasteiger partial charge in [0.15, 0.2) is 0 Å². The van der Waals surface area contributed by atoms with E-state index in [-0.39, 0.29) is 5.92 Å². The van der Waals surface area contributed by atoms with Crippen molar-refractivity contribution in [3.05, 3.63) is 60.2 Å². The molecule has 0 radical (unpaired) electrons. The van der Waals surface area contributed by atoms with E-state index in [0.717, 1.165) is 29.2 Å². The van der Waals surface area contributed by atoms with Gasteiger partial charge < -0.3 is 20.3 Å². The number of ether oxygens (including phenoxy) is 1. The van der Waals surface area contributed by atoms with Gasteiger partial charge in [0.1, 0.15) is 11.6 Å². The molecular formula is C26H32N4O4. The number of carbonyl (C=O) groups excluding carboxylic acids is 3. The molecule has 2 N–H and O–H groups in total. The van der Waals surface area contributed by atoms with Crippen LogP contribution >= 0.6 is 0 Å². The Hall–Kier alpha value is -3.39. The predicted molar refractivity (Wildman–Crippen MR) is 131 cm³/mol. The van der Waals surface area contributed by atoms with Gasteiger partial charge in [-0.3, -0.25) is 9.59 Å². The summed E-state index contributed by atoms with van der Waals surface area (Å²) >= 11 is 0. The monoisotopic (exact) mass is 464 g/mol. The number of imide groups is 1. The lowest BCUT2D eigenvalue weighted by atomic mass is 9.82. The van der Waals surface area contributed by atoms with Crippen LogP contribution in [0.15, 0.2) is 54.6 Å². The van der Waals surface area contributed by atoms with Crippen LogP contribution in [0.1, 0.15) is 32.8 Å². The van der Waals surface area contributed by atoms with E-state index in [1.165, 1.54) is 0 Å². The normalized spacial score (nSPS) is 21.5.